The third-order valence-corrected chi connectivity index (χ3v) is 3.67. The fraction of sp³-hybridized carbons (Fsp3) is 0.167. The number of hydrogen-bond acceptors (Lipinski definition) is 2. The van der Waals surface area contributed by atoms with Gasteiger partial charge in [-0.15, -0.1) is 0 Å². The number of carboxylic acid groups (broad SMARTS) is 1. The largest absolute Gasteiger partial charge is 0.478 e. The van der Waals surface area contributed by atoms with Gasteiger partial charge in [-0.2, -0.15) is 0 Å². The van der Waals surface area contributed by atoms with E-state index in [4.69, 9.17) is 0 Å². The molecule has 6 heteroatoms. The third-order valence-electron chi connectivity index (χ3n) is 2.90. The minimum atomic E-state index is -1.25. The van der Waals surface area contributed by atoms with Gasteiger partial charge in [0.15, 0.2) is 0 Å². The number of carboxylic acids is 1. The minimum absolute atomic E-state index is 0.0519. The second-order valence-corrected chi connectivity index (χ2v) is 4.72. The molecule has 0 atom stereocenters. The van der Waals surface area contributed by atoms with Crippen LogP contribution in [0.4, 0.5) is 4.39 Å². The highest BCUT2D eigenvalue weighted by Crippen LogP contribution is 2.30. The van der Waals surface area contributed by atoms with E-state index in [9.17, 15) is 19.1 Å². The summed E-state index contributed by atoms with van der Waals surface area (Å²) in [6.45, 7) is 1.42. The van der Waals surface area contributed by atoms with Crippen LogP contribution in [0.5, 0.6) is 0 Å². The van der Waals surface area contributed by atoms with E-state index < -0.39 is 17.3 Å². The van der Waals surface area contributed by atoms with Gasteiger partial charge in [0.25, 0.3) is 5.56 Å². The zero-order valence-corrected chi connectivity index (χ0v) is 11.2. The smallest absolute Gasteiger partial charge is 0.336 e. The summed E-state index contributed by atoms with van der Waals surface area (Å²) >= 11 is 3.04. The highest BCUT2D eigenvalue weighted by atomic mass is 79.9. The lowest BCUT2D eigenvalue weighted by molar-refractivity contribution is 0.0698. The second kappa shape index (κ2) is 4.20. The summed E-state index contributed by atoms with van der Waals surface area (Å²) < 4.78 is 14.9. The van der Waals surface area contributed by atoms with Gasteiger partial charge in [-0.1, -0.05) is 0 Å². The number of hydrogen-bond donors (Lipinski definition) is 1. The van der Waals surface area contributed by atoms with Gasteiger partial charge in [0.2, 0.25) is 0 Å². The lowest BCUT2D eigenvalue weighted by Gasteiger charge is -2.12. The number of halogens is 2. The van der Waals surface area contributed by atoms with Gasteiger partial charge in [0.1, 0.15) is 5.82 Å². The summed E-state index contributed by atoms with van der Waals surface area (Å²) in [7, 11) is 1.52. The van der Waals surface area contributed by atoms with Crippen molar-refractivity contribution in [3.63, 3.8) is 0 Å². The highest BCUT2D eigenvalue weighted by Gasteiger charge is 2.20. The van der Waals surface area contributed by atoms with Crippen molar-refractivity contribution in [2.24, 2.45) is 7.05 Å². The van der Waals surface area contributed by atoms with E-state index in [1.165, 1.54) is 30.7 Å². The van der Waals surface area contributed by atoms with Crippen LogP contribution < -0.4 is 5.56 Å². The molecule has 1 aromatic heterocycles. The number of carbonyl (C=O) groups is 1. The Hall–Kier alpha value is -1.69. The molecule has 0 radical (unpaired) electrons. The zero-order chi connectivity index (χ0) is 13.6. The molecule has 1 aromatic carbocycles. The number of aromatic carboxylic acids is 1. The molecule has 1 N–H and O–H groups in total. The number of aryl methyl sites for hydroxylation is 1. The molecule has 0 spiro atoms. The molecule has 4 nitrogen and oxygen atoms in total. The van der Waals surface area contributed by atoms with Crippen molar-refractivity contribution in [3.05, 3.63) is 43.9 Å². The molecule has 2 rings (SSSR count). The number of nitrogens with zero attached hydrogens (tertiary/aromatic N) is 1. The standard InChI is InChI=1S/C12H9BrFNO3/c1-5-8(12(17)18)9-7(15(2)11(5)16)4-3-6(14)10(9)13/h3-4H,1-2H3,(H,17,18). The molecule has 2 aromatic rings. The van der Waals surface area contributed by atoms with Gasteiger partial charge in [0, 0.05) is 18.0 Å². The Kier molecular flexibility index (Phi) is 2.98. The van der Waals surface area contributed by atoms with Gasteiger partial charge in [-0.25, -0.2) is 9.18 Å². The Morgan fingerprint density at radius 3 is 2.61 bits per heavy atom. The first-order chi connectivity index (χ1) is 8.36. The molecule has 94 valence electrons. The minimum Gasteiger partial charge on any atom is -0.478 e. The van der Waals surface area contributed by atoms with Crippen molar-refractivity contribution in [2.45, 2.75) is 6.92 Å². The fourth-order valence-corrected chi connectivity index (χ4v) is 2.51. The number of pyridine rings is 1. The van der Waals surface area contributed by atoms with Gasteiger partial charge < -0.3 is 9.67 Å². The summed E-state index contributed by atoms with van der Waals surface area (Å²) in [5.74, 6) is -1.82. The van der Waals surface area contributed by atoms with Crippen molar-refractivity contribution in [1.82, 2.24) is 4.57 Å². The predicted octanol–water partition coefficient (Wildman–Crippen LogP) is 2.45. The third kappa shape index (κ3) is 1.64. The lowest BCUT2D eigenvalue weighted by atomic mass is 10.0. The maximum Gasteiger partial charge on any atom is 0.336 e. The van der Waals surface area contributed by atoms with E-state index in [-0.39, 0.29) is 21.0 Å². The van der Waals surface area contributed by atoms with Crippen molar-refractivity contribution in [2.75, 3.05) is 0 Å². The molecule has 0 amide bonds. The number of aromatic nitrogens is 1. The Labute approximate surface area is 110 Å². The first kappa shape index (κ1) is 12.8. The summed E-state index contributed by atoms with van der Waals surface area (Å²) in [6, 6.07) is 2.58. The monoisotopic (exact) mass is 313 g/mol. The second-order valence-electron chi connectivity index (χ2n) is 3.92. The molecule has 0 fully saturated rings. The summed E-state index contributed by atoms with van der Waals surface area (Å²) in [5.41, 5.74) is -0.113. The van der Waals surface area contributed by atoms with E-state index in [0.717, 1.165) is 0 Å². The van der Waals surface area contributed by atoms with Gasteiger partial charge in [-0.05, 0) is 35.0 Å². The fourth-order valence-electron chi connectivity index (χ4n) is 1.98. The van der Waals surface area contributed by atoms with Crippen LogP contribution in [0.1, 0.15) is 15.9 Å². The average molecular weight is 314 g/mol. The molecule has 0 bridgehead atoms. The predicted molar refractivity (Wildman–Crippen MR) is 68.5 cm³/mol. The number of fused-ring (bicyclic) bond motifs is 1. The summed E-state index contributed by atoms with van der Waals surface area (Å²) in [6.07, 6.45) is 0. The van der Waals surface area contributed by atoms with Crippen LogP contribution in [0.3, 0.4) is 0 Å². The Morgan fingerprint density at radius 2 is 2.06 bits per heavy atom. The molecule has 0 saturated carbocycles. The summed E-state index contributed by atoms with van der Waals surface area (Å²) in [5, 5.41) is 9.40. The average Bonchev–Trinajstić information content (AvgIpc) is 2.31. The van der Waals surface area contributed by atoms with Gasteiger partial charge in [0.05, 0.1) is 15.6 Å². The Balaban J connectivity index is 3.19. The van der Waals surface area contributed by atoms with Crippen LogP contribution in [0.15, 0.2) is 21.4 Å². The first-order valence-corrected chi connectivity index (χ1v) is 5.86. The summed E-state index contributed by atoms with van der Waals surface area (Å²) in [4.78, 5) is 23.2. The van der Waals surface area contributed by atoms with Crippen molar-refractivity contribution >= 4 is 32.8 Å². The number of rotatable bonds is 1. The van der Waals surface area contributed by atoms with Crippen LogP contribution in [0, 0.1) is 12.7 Å². The molecule has 18 heavy (non-hydrogen) atoms. The molecule has 1 heterocycles. The van der Waals surface area contributed by atoms with Crippen molar-refractivity contribution in [3.8, 4) is 0 Å². The van der Waals surface area contributed by atoms with E-state index in [0.29, 0.717) is 5.52 Å². The lowest BCUT2D eigenvalue weighted by Crippen LogP contribution is -2.23. The van der Waals surface area contributed by atoms with Crippen molar-refractivity contribution < 1.29 is 14.3 Å². The molecular weight excluding hydrogens is 305 g/mol. The van der Waals surface area contributed by atoms with Crippen LogP contribution in [0.2, 0.25) is 0 Å². The topological polar surface area (TPSA) is 59.3 Å². The molecular formula is C12H9BrFNO3. The quantitative estimate of drug-likeness (QED) is 0.879. The maximum absolute atomic E-state index is 13.5. The molecule has 0 aliphatic heterocycles. The zero-order valence-electron chi connectivity index (χ0n) is 9.62. The van der Waals surface area contributed by atoms with E-state index in [1.807, 2.05) is 0 Å². The first-order valence-electron chi connectivity index (χ1n) is 5.06. The number of benzene rings is 1. The van der Waals surface area contributed by atoms with E-state index >= 15 is 0 Å². The van der Waals surface area contributed by atoms with Gasteiger partial charge in [-0.3, -0.25) is 4.79 Å². The van der Waals surface area contributed by atoms with Crippen molar-refractivity contribution in [1.29, 1.82) is 0 Å². The Morgan fingerprint density at radius 1 is 1.44 bits per heavy atom. The van der Waals surface area contributed by atoms with Crippen LogP contribution in [0.25, 0.3) is 10.9 Å². The van der Waals surface area contributed by atoms with E-state index in [1.54, 1.807) is 0 Å². The molecule has 0 saturated heterocycles. The Bertz CT molecular complexity index is 736. The SMILES string of the molecule is Cc1c(C(=O)O)c2c(Br)c(F)ccc2n(C)c1=O. The molecule has 0 aliphatic carbocycles. The highest BCUT2D eigenvalue weighted by molar-refractivity contribution is 9.10. The maximum atomic E-state index is 13.5. The van der Waals surface area contributed by atoms with Crippen LogP contribution in [-0.4, -0.2) is 15.6 Å². The molecule has 0 aliphatic rings. The molecule has 0 unspecified atom stereocenters. The van der Waals surface area contributed by atoms with Crippen LogP contribution >= 0.6 is 15.9 Å². The van der Waals surface area contributed by atoms with Crippen LogP contribution in [-0.2, 0) is 7.05 Å². The van der Waals surface area contributed by atoms with Gasteiger partial charge >= 0.3 is 5.97 Å². The normalized spacial score (nSPS) is 10.9. The van der Waals surface area contributed by atoms with E-state index in [2.05, 4.69) is 15.9 Å².